The van der Waals surface area contributed by atoms with E-state index in [0.717, 1.165) is 26.9 Å². The van der Waals surface area contributed by atoms with Gasteiger partial charge in [0.1, 0.15) is 0 Å². The van der Waals surface area contributed by atoms with Gasteiger partial charge in [-0.15, -0.1) is 5.10 Å². The standard InChI is InChI=1S/C15H14BrN5/c1-9-5-11(7-13(17)6-9)15-18-19-20-21(15)14-8-12(16)4-3-10(14)2/h3-8H,17H2,1-2H3. The molecule has 0 fully saturated rings. The number of halogens is 1. The van der Waals surface area contributed by atoms with Crippen molar-refractivity contribution in [3.05, 3.63) is 52.0 Å². The summed E-state index contributed by atoms with van der Waals surface area (Å²) < 4.78 is 2.71. The Kier molecular flexibility index (Phi) is 3.47. The first-order valence-corrected chi connectivity index (χ1v) is 7.26. The van der Waals surface area contributed by atoms with Crippen molar-refractivity contribution in [2.24, 2.45) is 0 Å². The van der Waals surface area contributed by atoms with Crippen LogP contribution in [-0.4, -0.2) is 20.2 Å². The van der Waals surface area contributed by atoms with E-state index in [4.69, 9.17) is 5.73 Å². The van der Waals surface area contributed by atoms with Gasteiger partial charge in [-0.25, -0.2) is 0 Å². The predicted octanol–water partition coefficient (Wildman–Crippen LogP) is 3.29. The van der Waals surface area contributed by atoms with Crippen LogP contribution in [0, 0.1) is 13.8 Å². The summed E-state index contributed by atoms with van der Waals surface area (Å²) >= 11 is 3.48. The normalized spacial score (nSPS) is 10.8. The third-order valence-corrected chi connectivity index (χ3v) is 3.72. The SMILES string of the molecule is Cc1cc(N)cc(-c2nnnn2-c2cc(Br)ccc2C)c1. The molecule has 0 unspecified atom stereocenters. The maximum Gasteiger partial charge on any atom is 0.187 e. The first-order valence-electron chi connectivity index (χ1n) is 6.47. The van der Waals surface area contributed by atoms with E-state index >= 15 is 0 Å². The fourth-order valence-corrected chi connectivity index (χ4v) is 2.63. The summed E-state index contributed by atoms with van der Waals surface area (Å²) in [6.45, 7) is 4.02. The molecule has 0 aliphatic rings. The van der Waals surface area contributed by atoms with Crippen LogP contribution in [0.5, 0.6) is 0 Å². The van der Waals surface area contributed by atoms with Crippen molar-refractivity contribution in [2.75, 3.05) is 5.73 Å². The minimum absolute atomic E-state index is 0.673. The maximum absolute atomic E-state index is 5.92. The highest BCUT2D eigenvalue weighted by atomic mass is 79.9. The molecule has 5 nitrogen and oxygen atoms in total. The lowest BCUT2D eigenvalue weighted by atomic mass is 10.1. The zero-order chi connectivity index (χ0) is 15.0. The number of anilines is 1. The Labute approximate surface area is 130 Å². The second-order valence-corrected chi connectivity index (χ2v) is 5.89. The van der Waals surface area contributed by atoms with Crippen molar-refractivity contribution >= 4 is 21.6 Å². The summed E-state index contributed by atoms with van der Waals surface area (Å²) in [4.78, 5) is 0. The average molecular weight is 344 g/mol. The Morgan fingerprint density at radius 3 is 2.67 bits per heavy atom. The van der Waals surface area contributed by atoms with Crippen LogP contribution in [0.4, 0.5) is 5.69 Å². The van der Waals surface area contributed by atoms with Gasteiger partial charge in [0.15, 0.2) is 5.82 Å². The number of rotatable bonds is 2. The summed E-state index contributed by atoms with van der Waals surface area (Å²) in [6.07, 6.45) is 0. The lowest BCUT2D eigenvalue weighted by molar-refractivity contribution is 0.787. The fourth-order valence-electron chi connectivity index (χ4n) is 2.28. The molecule has 0 saturated heterocycles. The van der Waals surface area contributed by atoms with E-state index in [0.29, 0.717) is 11.5 Å². The number of hydrogen-bond acceptors (Lipinski definition) is 4. The van der Waals surface area contributed by atoms with Gasteiger partial charge in [0.2, 0.25) is 0 Å². The molecule has 0 aliphatic heterocycles. The van der Waals surface area contributed by atoms with Crippen molar-refractivity contribution in [1.82, 2.24) is 20.2 Å². The van der Waals surface area contributed by atoms with Crippen LogP contribution in [0.2, 0.25) is 0 Å². The van der Waals surface area contributed by atoms with Crippen LogP contribution in [0.25, 0.3) is 17.1 Å². The highest BCUT2D eigenvalue weighted by Crippen LogP contribution is 2.26. The van der Waals surface area contributed by atoms with Crippen molar-refractivity contribution in [1.29, 1.82) is 0 Å². The highest BCUT2D eigenvalue weighted by Gasteiger charge is 2.13. The number of aromatic nitrogens is 4. The first-order chi connectivity index (χ1) is 10.0. The largest absolute Gasteiger partial charge is 0.399 e. The molecule has 21 heavy (non-hydrogen) atoms. The van der Waals surface area contributed by atoms with Gasteiger partial charge in [-0.05, 0) is 65.7 Å². The first kappa shape index (κ1) is 13.8. The van der Waals surface area contributed by atoms with E-state index in [1.807, 2.05) is 50.2 Å². The second kappa shape index (κ2) is 5.29. The lowest BCUT2D eigenvalue weighted by Crippen LogP contribution is -2.02. The van der Waals surface area contributed by atoms with Gasteiger partial charge in [-0.1, -0.05) is 22.0 Å². The molecule has 3 aromatic rings. The van der Waals surface area contributed by atoms with Gasteiger partial charge in [-0.2, -0.15) is 4.68 Å². The van der Waals surface area contributed by atoms with E-state index in [9.17, 15) is 0 Å². The third kappa shape index (κ3) is 2.67. The molecular weight excluding hydrogens is 330 g/mol. The number of benzene rings is 2. The highest BCUT2D eigenvalue weighted by molar-refractivity contribution is 9.10. The quantitative estimate of drug-likeness (QED) is 0.725. The summed E-state index contributed by atoms with van der Waals surface area (Å²) in [6, 6.07) is 11.8. The topological polar surface area (TPSA) is 69.6 Å². The van der Waals surface area contributed by atoms with Gasteiger partial charge in [-0.3, -0.25) is 0 Å². The van der Waals surface area contributed by atoms with Crippen molar-refractivity contribution in [2.45, 2.75) is 13.8 Å². The molecule has 0 aliphatic carbocycles. The molecule has 0 amide bonds. The summed E-state index contributed by atoms with van der Waals surface area (Å²) in [5.41, 5.74) is 10.6. The molecule has 0 radical (unpaired) electrons. The van der Waals surface area contributed by atoms with Crippen LogP contribution < -0.4 is 5.73 Å². The van der Waals surface area contributed by atoms with E-state index < -0.39 is 0 Å². The summed E-state index contributed by atoms with van der Waals surface area (Å²) in [5.74, 6) is 0.673. The summed E-state index contributed by atoms with van der Waals surface area (Å²) in [7, 11) is 0. The molecule has 0 saturated carbocycles. The predicted molar refractivity (Wildman–Crippen MR) is 86.2 cm³/mol. The Morgan fingerprint density at radius 1 is 1.10 bits per heavy atom. The molecule has 0 bridgehead atoms. The monoisotopic (exact) mass is 343 g/mol. The smallest absolute Gasteiger partial charge is 0.187 e. The molecule has 1 heterocycles. The van der Waals surface area contributed by atoms with Crippen LogP contribution in [-0.2, 0) is 0 Å². The van der Waals surface area contributed by atoms with Gasteiger partial charge in [0.05, 0.1) is 5.69 Å². The Bertz CT molecular complexity index is 789. The lowest BCUT2D eigenvalue weighted by Gasteiger charge is -2.09. The zero-order valence-electron chi connectivity index (χ0n) is 11.7. The number of nitrogens with zero attached hydrogens (tertiary/aromatic N) is 4. The minimum Gasteiger partial charge on any atom is -0.399 e. The molecule has 2 N–H and O–H groups in total. The molecule has 106 valence electrons. The molecular formula is C15H14BrN5. The third-order valence-electron chi connectivity index (χ3n) is 3.23. The second-order valence-electron chi connectivity index (χ2n) is 4.98. The zero-order valence-corrected chi connectivity index (χ0v) is 13.3. The Hall–Kier alpha value is -2.21. The van der Waals surface area contributed by atoms with E-state index in [-0.39, 0.29) is 0 Å². The van der Waals surface area contributed by atoms with E-state index in [2.05, 4.69) is 31.5 Å². The van der Waals surface area contributed by atoms with E-state index in [1.54, 1.807) is 4.68 Å². The van der Waals surface area contributed by atoms with Crippen LogP contribution in [0.15, 0.2) is 40.9 Å². The molecule has 3 rings (SSSR count). The van der Waals surface area contributed by atoms with Crippen LogP contribution in [0.3, 0.4) is 0 Å². The van der Waals surface area contributed by atoms with E-state index in [1.165, 1.54) is 0 Å². The fraction of sp³-hybridized carbons (Fsp3) is 0.133. The number of nitrogen functional groups attached to an aromatic ring is 1. The molecule has 0 atom stereocenters. The van der Waals surface area contributed by atoms with Gasteiger partial charge < -0.3 is 5.73 Å². The molecule has 0 spiro atoms. The molecule has 2 aromatic carbocycles. The van der Waals surface area contributed by atoms with Gasteiger partial charge in [0, 0.05) is 15.7 Å². The van der Waals surface area contributed by atoms with Crippen molar-refractivity contribution < 1.29 is 0 Å². The average Bonchev–Trinajstić information content (AvgIpc) is 2.89. The minimum atomic E-state index is 0.673. The number of nitrogens with two attached hydrogens (primary N) is 1. The number of tetrazole rings is 1. The van der Waals surface area contributed by atoms with Crippen molar-refractivity contribution in [3.8, 4) is 17.1 Å². The van der Waals surface area contributed by atoms with Gasteiger partial charge >= 0.3 is 0 Å². The molecule has 6 heteroatoms. The Morgan fingerprint density at radius 2 is 1.90 bits per heavy atom. The van der Waals surface area contributed by atoms with Crippen LogP contribution in [0.1, 0.15) is 11.1 Å². The molecule has 1 aromatic heterocycles. The Balaban J connectivity index is 2.19. The number of hydrogen-bond donors (Lipinski definition) is 1. The summed E-state index contributed by atoms with van der Waals surface area (Å²) in [5, 5.41) is 12.1. The maximum atomic E-state index is 5.92. The number of aryl methyl sites for hydroxylation is 2. The van der Waals surface area contributed by atoms with Gasteiger partial charge in [0.25, 0.3) is 0 Å². The van der Waals surface area contributed by atoms with Crippen LogP contribution >= 0.6 is 15.9 Å². The van der Waals surface area contributed by atoms with Crippen molar-refractivity contribution in [3.63, 3.8) is 0 Å².